The molecule has 0 bridgehead atoms. The number of fused-ring (bicyclic) bond motifs is 3. The van der Waals surface area contributed by atoms with Gasteiger partial charge in [0, 0.05) is 23.9 Å². The van der Waals surface area contributed by atoms with Gasteiger partial charge in [0.05, 0.1) is 0 Å². The monoisotopic (exact) mass is 464 g/mol. The maximum atomic E-state index is 13.0. The molecule has 2 aliphatic carbocycles. The van der Waals surface area contributed by atoms with Crippen LogP contribution >= 0.6 is 0 Å². The van der Waals surface area contributed by atoms with Gasteiger partial charge in [-0.05, 0) is 54.9 Å². The predicted molar refractivity (Wildman–Crippen MR) is 128 cm³/mol. The van der Waals surface area contributed by atoms with Crippen LogP contribution in [0, 0.1) is 5.92 Å². The van der Waals surface area contributed by atoms with Gasteiger partial charge in [0.2, 0.25) is 5.91 Å². The highest BCUT2D eigenvalue weighted by molar-refractivity contribution is 5.84. The summed E-state index contributed by atoms with van der Waals surface area (Å²) in [7, 11) is 0. The Labute approximate surface area is 200 Å². The molecule has 4 rings (SSSR count). The number of carbonyl (C=O) groups is 3. The van der Waals surface area contributed by atoms with Crippen LogP contribution in [0.15, 0.2) is 48.5 Å². The molecule has 34 heavy (non-hydrogen) atoms. The zero-order chi connectivity index (χ0) is 24.2. The second-order valence-corrected chi connectivity index (χ2v) is 9.29. The van der Waals surface area contributed by atoms with E-state index in [-0.39, 0.29) is 43.0 Å². The van der Waals surface area contributed by atoms with E-state index in [1.54, 1.807) is 0 Å². The number of nitrogens with zero attached hydrogens (tertiary/aromatic N) is 1. The van der Waals surface area contributed by atoms with Gasteiger partial charge in [-0.2, -0.15) is 0 Å². The molecule has 1 fully saturated rings. The Kier molecular flexibility index (Phi) is 7.20. The third kappa shape index (κ3) is 4.93. The average Bonchev–Trinajstić information content (AvgIpc) is 3.43. The lowest BCUT2D eigenvalue weighted by Gasteiger charge is -2.29. The fourth-order valence-corrected chi connectivity index (χ4v) is 5.20. The number of benzene rings is 2. The van der Waals surface area contributed by atoms with Crippen molar-refractivity contribution >= 4 is 18.0 Å². The van der Waals surface area contributed by atoms with E-state index < -0.39 is 12.1 Å². The quantitative estimate of drug-likeness (QED) is 0.604. The largest absolute Gasteiger partial charge is 0.480 e. The molecule has 2 aromatic rings. The molecule has 2 N–H and O–H groups in total. The van der Waals surface area contributed by atoms with Crippen molar-refractivity contribution in [2.75, 3.05) is 13.2 Å². The van der Waals surface area contributed by atoms with Gasteiger partial charge in [-0.25, -0.2) is 4.79 Å². The zero-order valence-electron chi connectivity index (χ0n) is 19.7. The van der Waals surface area contributed by atoms with E-state index in [0.717, 1.165) is 11.1 Å². The number of alkyl carbamates (subject to hydrolysis) is 1. The lowest BCUT2D eigenvalue weighted by atomic mass is 9.98. The number of nitrogens with one attached hydrogen (secondary N) is 1. The van der Waals surface area contributed by atoms with E-state index in [1.807, 2.05) is 38.1 Å². The van der Waals surface area contributed by atoms with Crippen LogP contribution in [-0.2, 0) is 14.3 Å². The predicted octanol–water partition coefficient (Wildman–Crippen LogP) is 4.41. The molecule has 0 saturated heterocycles. The van der Waals surface area contributed by atoms with E-state index in [0.29, 0.717) is 25.7 Å². The summed E-state index contributed by atoms with van der Waals surface area (Å²) < 4.78 is 5.63. The molecule has 3 atom stereocenters. The molecule has 0 heterocycles. The summed E-state index contributed by atoms with van der Waals surface area (Å²) in [4.78, 5) is 38.2. The zero-order valence-corrected chi connectivity index (χ0v) is 19.7. The fourth-order valence-electron chi connectivity index (χ4n) is 5.20. The third-order valence-electron chi connectivity index (χ3n) is 7.16. The molecule has 3 unspecified atom stereocenters. The van der Waals surface area contributed by atoms with E-state index >= 15 is 0 Å². The summed E-state index contributed by atoms with van der Waals surface area (Å²) in [6, 6.07) is 16.1. The van der Waals surface area contributed by atoms with Gasteiger partial charge in [-0.1, -0.05) is 55.5 Å². The molecule has 7 nitrogen and oxygen atoms in total. The molecule has 2 aliphatic rings. The molecule has 2 amide bonds. The molecule has 0 radical (unpaired) electrons. The fraction of sp³-hybridized carbons (Fsp3) is 0.444. The minimum absolute atomic E-state index is 0.00355. The number of carboxylic acid groups (broad SMARTS) is 1. The van der Waals surface area contributed by atoms with Crippen molar-refractivity contribution in [1.29, 1.82) is 0 Å². The van der Waals surface area contributed by atoms with Crippen molar-refractivity contribution < 1.29 is 24.2 Å². The first kappa shape index (κ1) is 23.8. The van der Waals surface area contributed by atoms with Gasteiger partial charge in [0.25, 0.3) is 0 Å². The van der Waals surface area contributed by atoms with Crippen molar-refractivity contribution in [1.82, 2.24) is 10.2 Å². The Morgan fingerprint density at radius 2 is 1.68 bits per heavy atom. The molecular weight excluding hydrogens is 432 g/mol. The van der Waals surface area contributed by atoms with Crippen LogP contribution in [-0.4, -0.2) is 53.2 Å². The van der Waals surface area contributed by atoms with Crippen molar-refractivity contribution in [3.63, 3.8) is 0 Å². The van der Waals surface area contributed by atoms with Crippen molar-refractivity contribution in [3.8, 4) is 11.1 Å². The van der Waals surface area contributed by atoms with Crippen LogP contribution in [0.1, 0.15) is 56.6 Å². The van der Waals surface area contributed by atoms with Crippen LogP contribution in [0.4, 0.5) is 4.79 Å². The van der Waals surface area contributed by atoms with Crippen molar-refractivity contribution in [2.45, 2.75) is 57.5 Å². The lowest BCUT2D eigenvalue weighted by Crippen LogP contribution is -2.45. The highest BCUT2D eigenvalue weighted by Crippen LogP contribution is 2.44. The van der Waals surface area contributed by atoms with Crippen molar-refractivity contribution in [2.24, 2.45) is 5.92 Å². The second-order valence-electron chi connectivity index (χ2n) is 9.29. The van der Waals surface area contributed by atoms with Crippen LogP contribution < -0.4 is 5.32 Å². The Hall–Kier alpha value is -3.35. The summed E-state index contributed by atoms with van der Waals surface area (Å²) in [5.41, 5.74) is 4.67. The Bertz CT molecular complexity index is 1020. The first-order chi connectivity index (χ1) is 16.4. The van der Waals surface area contributed by atoms with E-state index in [2.05, 4.69) is 29.6 Å². The number of ether oxygens (including phenoxy) is 1. The van der Waals surface area contributed by atoms with Gasteiger partial charge >= 0.3 is 12.1 Å². The second kappa shape index (κ2) is 10.3. The molecule has 0 spiro atoms. The molecule has 180 valence electrons. The third-order valence-corrected chi connectivity index (χ3v) is 7.16. The number of carboxylic acids is 1. The average molecular weight is 465 g/mol. The highest BCUT2D eigenvalue weighted by atomic mass is 16.5. The Balaban J connectivity index is 1.33. The first-order valence-corrected chi connectivity index (χ1v) is 12.0. The van der Waals surface area contributed by atoms with Gasteiger partial charge < -0.3 is 20.1 Å². The Morgan fingerprint density at radius 1 is 1.06 bits per heavy atom. The summed E-state index contributed by atoms with van der Waals surface area (Å²) in [6.07, 6.45) is 1.99. The highest BCUT2D eigenvalue weighted by Gasteiger charge is 2.36. The summed E-state index contributed by atoms with van der Waals surface area (Å²) in [5, 5.41) is 12.1. The molecule has 0 aromatic heterocycles. The number of carbonyl (C=O) groups excluding carboxylic acids is 2. The maximum absolute atomic E-state index is 13.0. The van der Waals surface area contributed by atoms with Gasteiger partial charge in [0.1, 0.15) is 13.2 Å². The molecular formula is C27H32N2O5. The van der Waals surface area contributed by atoms with E-state index in [9.17, 15) is 19.5 Å². The van der Waals surface area contributed by atoms with Crippen LogP contribution in [0.5, 0.6) is 0 Å². The van der Waals surface area contributed by atoms with Gasteiger partial charge in [-0.15, -0.1) is 0 Å². The minimum atomic E-state index is -1.01. The lowest BCUT2D eigenvalue weighted by molar-refractivity contribution is -0.148. The summed E-state index contributed by atoms with van der Waals surface area (Å²) in [5.74, 6) is -1.45. The van der Waals surface area contributed by atoms with Gasteiger partial charge in [-0.3, -0.25) is 9.59 Å². The van der Waals surface area contributed by atoms with Crippen LogP contribution in [0.3, 0.4) is 0 Å². The normalized spacial score (nSPS) is 19.7. The van der Waals surface area contributed by atoms with E-state index in [4.69, 9.17) is 4.74 Å². The molecule has 2 aromatic carbocycles. The summed E-state index contributed by atoms with van der Waals surface area (Å²) in [6.45, 7) is 3.75. The number of aliphatic carboxylic acids is 1. The topological polar surface area (TPSA) is 95.9 Å². The smallest absolute Gasteiger partial charge is 0.407 e. The number of hydrogen-bond acceptors (Lipinski definition) is 4. The van der Waals surface area contributed by atoms with Crippen molar-refractivity contribution in [3.05, 3.63) is 59.7 Å². The van der Waals surface area contributed by atoms with Crippen LogP contribution in [0.2, 0.25) is 0 Å². The van der Waals surface area contributed by atoms with E-state index in [1.165, 1.54) is 16.0 Å². The Morgan fingerprint density at radius 3 is 2.26 bits per heavy atom. The standard InChI is InChI=1S/C27H32N2O5/c1-3-17(2)29(15-25(30)31)26(32)18-12-13-19(14-18)28-27(33)34-16-24-22-10-6-4-8-20(22)21-9-5-7-11-23(21)24/h4-11,17-19,24H,3,12-16H2,1-2H3,(H,28,33)(H,30,31). The SMILES string of the molecule is CCC(C)N(CC(=O)O)C(=O)C1CCC(NC(=O)OCC2c3ccccc3-c3ccccc32)C1. The number of amides is 2. The minimum Gasteiger partial charge on any atom is -0.480 e. The number of hydrogen-bond donors (Lipinski definition) is 2. The number of rotatable bonds is 8. The molecule has 1 saturated carbocycles. The summed E-state index contributed by atoms with van der Waals surface area (Å²) >= 11 is 0. The maximum Gasteiger partial charge on any atom is 0.407 e. The van der Waals surface area contributed by atoms with Crippen LogP contribution in [0.25, 0.3) is 11.1 Å². The molecule has 7 heteroatoms. The molecule has 0 aliphatic heterocycles. The van der Waals surface area contributed by atoms with Gasteiger partial charge in [0.15, 0.2) is 0 Å². The first-order valence-electron chi connectivity index (χ1n) is 12.0.